The van der Waals surface area contributed by atoms with Gasteiger partial charge in [-0.05, 0) is 13.3 Å². The summed E-state index contributed by atoms with van der Waals surface area (Å²) in [7, 11) is 1.42. The summed E-state index contributed by atoms with van der Waals surface area (Å²) >= 11 is 0. The minimum Gasteiger partial charge on any atom is -0.469 e. The van der Waals surface area contributed by atoms with Crippen LogP contribution in [0.25, 0.3) is 0 Å². The van der Waals surface area contributed by atoms with Crippen LogP contribution in [0.3, 0.4) is 0 Å². The zero-order chi connectivity index (χ0) is 9.40. The fraction of sp³-hybridized carbons (Fsp3) is 0.700. The first-order chi connectivity index (χ1) is 5.70. The van der Waals surface area contributed by atoms with Crippen molar-refractivity contribution in [3.63, 3.8) is 0 Å². The van der Waals surface area contributed by atoms with Gasteiger partial charge in [0.25, 0.3) is 0 Å². The van der Waals surface area contributed by atoms with Gasteiger partial charge in [-0.25, -0.2) is 0 Å². The summed E-state index contributed by atoms with van der Waals surface area (Å²) in [6.45, 7) is 4.12. The van der Waals surface area contributed by atoms with Crippen molar-refractivity contribution in [1.82, 2.24) is 0 Å². The van der Waals surface area contributed by atoms with Gasteiger partial charge in [0.15, 0.2) is 0 Å². The molecular weight excluding hydrogens is 152 g/mol. The average Bonchev–Trinajstić information content (AvgIpc) is 2.05. The van der Waals surface area contributed by atoms with E-state index in [0.29, 0.717) is 6.42 Å². The molecule has 0 aromatic carbocycles. The molecular formula is C10H18O2. The zero-order valence-electron chi connectivity index (χ0n) is 8.22. The Labute approximate surface area is 74.6 Å². The van der Waals surface area contributed by atoms with Gasteiger partial charge in [0.05, 0.1) is 13.5 Å². The van der Waals surface area contributed by atoms with Crippen LogP contribution in [0.5, 0.6) is 0 Å². The summed E-state index contributed by atoms with van der Waals surface area (Å²) in [6, 6.07) is 0. The smallest absolute Gasteiger partial charge is 0.309 e. The van der Waals surface area contributed by atoms with E-state index in [1.54, 1.807) is 0 Å². The van der Waals surface area contributed by atoms with Crippen molar-refractivity contribution in [2.75, 3.05) is 7.11 Å². The molecule has 0 heterocycles. The summed E-state index contributed by atoms with van der Waals surface area (Å²) in [5.41, 5.74) is 1.11. The quantitative estimate of drug-likeness (QED) is 0.360. The van der Waals surface area contributed by atoms with Gasteiger partial charge in [0.2, 0.25) is 0 Å². The van der Waals surface area contributed by atoms with Gasteiger partial charge >= 0.3 is 5.97 Å². The van der Waals surface area contributed by atoms with E-state index in [4.69, 9.17) is 0 Å². The molecule has 2 heteroatoms. The van der Waals surface area contributed by atoms with E-state index in [2.05, 4.69) is 17.7 Å². The minimum atomic E-state index is -0.153. The van der Waals surface area contributed by atoms with Crippen molar-refractivity contribution in [3.8, 4) is 0 Å². The van der Waals surface area contributed by atoms with Crippen LogP contribution in [0.4, 0.5) is 0 Å². The van der Waals surface area contributed by atoms with Crippen LogP contribution >= 0.6 is 0 Å². The summed E-state index contributed by atoms with van der Waals surface area (Å²) < 4.78 is 4.55. The lowest BCUT2D eigenvalue weighted by atomic mass is 10.1. The lowest BCUT2D eigenvalue weighted by Gasteiger charge is -1.99. The van der Waals surface area contributed by atoms with E-state index >= 15 is 0 Å². The molecule has 0 N–H and O–H groups in total. The van der Waals surface area contributed by atoms with Crippen molar-refractivity contribution >= 4 is 5.97 Å². The molecule has 0 radical (unpaired) electrons. The van der Waals surface area contributed by atoms with Crippen molar-refractivity contribution in [3.05, 3.63) is 11.6 Å². The maximum absolute atomic E-state index is 10.8. The molecule has 0 unspecified atom stereocenters. The minimum absolute atomic E-state index is 0.153. The topological polar surface area (TPSA) is 26.3 Å². The Morgan fingerprint density at radius 1 is 1.50 bits per heavy atom. The second-order valence-corrected chi connectivity index (χ2v) is 2.95. The summed E-state index contributed by atoms with van der Waals surface area (Å²) in [6.07, 6.45) is 6.00. The second-order valence-electron chi connectivity index (χ2n) is 2.95. The summed E-state index contributed by atoms with van der Waals surface area (Å²) in [5, 5.41) is 0. The Bertz CT molecular complexity index is 159. The highest BCUT2D eigenvalue weighted by Gasteiger charge is 1.99. The molecule has 0 aliphatic heterocycles. The van der Waals surface area contributed by atoms with Crippen LogP contribution in [-0.2, 0) is 9.53 Å². The predicted molar refractivity (Wildman–Crippen MR) is 49.9 cm³/mol. The molecule has 0 saturated heterocycles. The molecule has 0 saturated carbocycles. The van der Waals surface area contributed by atoms with Gasteiger partial charge in [0, 0.05) is 0 Å². The fourth-order valence-electron chi connectivity index (χ4n) is 0.925. The maximum atomic E-state index is 10.8. The number of carbonyl (C=O) groups excluding carboxylic acids is 1. The standard InChI is InChI=1S/C10H18O2/c1-4-5-6-7-9(2)8-10(11)12-3/h7H,4-6,8H2,1-3H3. The number of rotatable bonds is 5. The largest absolute Gasteiger partial charge is 0.469 e. The van der Waals surface area contributed by atoms with Crippen molar-refractivity contribution in [1.29, 1.82) is 0 Å². The molecule has 0 fully saturated rings. The number of esters is 1. The van der Waals surface area contributed by atoms with E-state index in [1.807, 2.05) is 6.92 Å². The Hall–Kier alpha value is -0.790. The average molecular weight is 170 g/mol. The highest BCUT2D eigenvalue weighted by molar-refractivity contribution is 5.71. The molecule has 0 spiro atoms. The number of methoxy groups -OCH3 is 1. The number of allylic oxidation sites excluding steroid dienone is 1. The van der Waals surface area contributed by atoms with Crippen LogP contribution in [0.1, 0.15) is 39.5 Å². The van der Waals surface area contributed by atoms with E-state index in [1.165, 1.54) is 20.0 Å². The molecule has 0 aromatic heterocycles. The van der Waals surface area contributed by atoms with Crippen LogP contribution in [0.15, 0.2) is 11.6 Å². The number of hydrogen-bond donors (Lipinski definition) is 0. The van der Waals surface area contributed by atoms with Crippen LogP contribution in [0.2, 0.25) is 0 Å². The number of hydrogen-bond acceptors (Lipinski definition) is 2. The molecule has 0 aliphatic carbocycles. The SMILES string of the molecule is CCCCC=C(C)CC(=O)OC. The number of ether oxygens (including phenoxy) is 1. The number of carbonyl (C=O) groups is 1. The fourth-order valence-corrected chi connectivity index (χ4v) is 0.925. The van der Waals surface area contributed by atoms with E-state index < -0.39 is 0 Å². The van der Waals surface area contributed by atoms with Gasteiger partial charge in [-0.3, -0.25) is 4.79 Å². The molecule has 0 aliphatic rings. The maximum Gasteiger partial charge on any atom is 0.309 e. The van der Waals surface area contributed by atoms with E-state index in [9.17, 15) is 4.79 Å². The van der Waals surface area contributed by atoms with Gasteiger partial charge < -0.3 is 4.74 Å². The van der Waals surface area contributed by atoms with Gasteiger partial charge in [0.1, 0.15) is 0 Å². The third-order valence-electron chi connectivity index (χ3n) is 1.70. The summed E-state index contributed by atoms with van der Waals surface area (Å²) in [4.78, 5) is 10.8. The Morgan fingerprint density at radius 2 is 2.17 bits per heavy atom. The first-order valence-corrected chi connectivity index (χ1v) is 4.43. The highest BCUT2D eigenvalue weighted by atomic mass is 16.5. The van der Waals surface area contributed by atoms with Crippen LogP contribution in [0, 0.1) is 0 Å². The molecule has 12 heavy (non-hydrogen) atoms. The first kappa shape index (κ1) is 11.2. The molecule has 0 rings (SSSR count). The number of unbranched alkanes of at least 4 members (excludes halogenated alkanes) is 2. The summed E-state index contributed by atoms with van der Waals surface area (Å²) in [5.74, 6) is -0.153. The van der Waals surface area contributed by atoms with Gasteiger partial charge in [-0.1, -0.05) is 31.4 Å². The Morgan fingerprint density at radius 3 is 2.67 bits per heavy atom. The lowest BCUT2D eigenvalue weighted by Crippen LogP contribution is -1.99. The third-order valence-corrected chi connectivity index (χ3v) is 1.70. The van der Waals surface area contributed by atoms with Crippen molar-refractivity contribution in [2.45, 2.75) is 39.5 Å². The zero-order valence-corrected chi connectivity index (χ0v) is 8.22. The van der Waals surface area contributed by atoms with E-state index in [0.717, 1.165) is 12.0 Å². The third kappa shape index (κ3) is 5.96. The Balaban J connectivity index is 3.62. The molecule has 0 bridgehead atoms. The van der Waals surface area contributed by atoms with Crippen LogP contribution < -0.4 is 0 Å². The lowest BCUT2D eigenvalue weighted by molar-refractivity contribution is -0.139. The van der Waals surface area contributed by atoms with Crippen molar-refractivity contribution in [2.24, 2.45) is 0 Å². The van der Waals surface area contributed by atoms with E-state index in [-0.39, 0.29) is 5.97 Å². The second kappa shape index (κ2) is 6.89. The molecule has 0 atom stereocenters. The Kier molecular flexibility index (Phi) is 6.44. The first-order valence-electron chi connectivity index (χ1n) is 4.43. The molecule has 0 amide bonds. The van der Waals surface area contributed by atoms with Crippen LogP contribution in [-0.4, -0.2) is 13.1 Å². The van der Waals surface area contributed by atoms with Crippen molar-refractivity contribution < 1.29 is 9.53 Å². The highest BCUT2D eigenvalue weighted by Crippen LogP contribution is 2.05. The van der Waals surface area contributed by atoms with Gasteiger partial charge in [-0.15, -0.1) is 0 Å². The van der Waals surface area contributed by atoms with Gasteiger partial charge in [-0.2, -0.15) is 0 Å². The molecule has 2 nitrogen and oxygen atoms in total. The molecule has 0 aromatic rings. The normalized spacial score (nSPS) is 11.4. The molecule has 70 valence electrons. The monoisotopic (exact) mass is 170 g/mol. The predicted octanol–water partition coefficient (Wildman–Crippen LogP) is 2.69.